The van der Waals surface area contributed by atoms with E-state index in [1.807, 2.05) is 0 Å². The Hall–Kier alpha value is -1.36. The molecule has 5 heteroatoms. The summed E-state index contributed by atoms with van der Waals surface area (Å²) in [4.78, 5) is 21.2. The van der Waals surface area contributed by atoms with E-state index >= 15 is 0 Å². The lowest BCUT2D eigenvalue weighted by atomic mass is 10.1. The quantitative estimate of drug-likeness (QED) is 0.867. The monoisotopic (exact) mass is 258 g/mol. The molecule has 2 N–H and O–H groups in total. The smallest absolute Gasteiger partial charge is 0.336 e. The van der Waals surface area contributed by atoms with Crippen LogP contribution in [0.1, 0.15) is 15.9 Å². The zero-order valence-electron chi connectivity index (χ0n) is 7.03. The minimum Gasteiger partial charge on any atom is -0.481 e. The van der Waals surface area contributed by atoms with Gasteiger partial charge >= 0.3 is 11.9 Å². The first kappa shape index (κ1) is 10.7. The summed E-state index contributed by atoms with van der Waals surface area (Å²) in [6.45, 7) is 0. The van der Waals surface area contributed by atoms with Crippen LogP contribution in [-0.4, -0.2) is 22.2 Å². The number of hydrogen-bond acceptors (Lipinski definition) is 2. The molecule has 0 aliphatic heterocycles. The van der Waals surface area contributed by atoms with E-state index in [1.54, 1.807) is 6.07 Å². The molecule has 1 rings (SSSR count). The minimum absolute atomic E-state index is 0.0155. The first-order valence-electron chi connectivity index (χ1n) is 3.74. The van der Waals surface area contributed by atoms with Crippen molar-refractivity contribution in [1.29, 1.82) is 0 Å². The lowest BCUT2D eigenvalue weighted by Gasteiger charge is -2.03. The fourth-order valence-corrected chi connectivity index (χ4v) is 1.43. The van der Waals surface area contributed by atoms with Gasteiger partial charge in [-0.05, 0) is 17.7 Å². The van der Waals surface area contributed by atoms with Gasteiger partial charge in [-0.2, -0.15) is 0 Å². The van der Waals surface area contributed by atoms with Crippen molar-refractivity contribution in [2.45, 2.75) is 6.42 Å². The molecular weight excluding hydrogens is 252 g/mol. The standard InChI is InChI=1S/C9H7BrO4/c10-6-2-1-5(3-8(11)12)7(4-6)9(13)14/h1-2,4H,3H2,(H,11,12)(H,13,14). The van der Waals surface area contributed by atoms with Gasteiger partial charge in [0.2, 0.25) is 0 Å². The van der Waals surface area contributed by atoms with Crippen LogP contribution in [0.25, 0.3) is 0 Å². The van der Waals surface area contributed by atoms with Gasteiger partial charge in [0.05, 0.1) is 12.0 Å². The van der Waals surface area contributed by atoms with Crippen LogP contribution in [0, 0.1) is 0 Å². The molecule has 0 atom stereocenters. The Morgan fingerprint density at radius 3 is 2.43 bits per heavy atom. The van der Waals surface area contributed by atoms with E-state index in [9.17, 15) is 9.59 Å². The molecule has 0 fully saturated rings. The number of aromatic carboxylic acids is 1. The maximum Gasteiger partial charge on any atom is 0.336 e. The molecule has 0 saturated carbocycles. The molecule has 0 aromatic heterocycles. The van der Waals surface area contributed by atoms with E-state index in [0.717, 1.165) is 0 Å². The van der Waals surface area contributed by atoms with Crippen molar-refractivity contribution in [2.75, 3.05) is 0 Å². The summed E-state index contributed by atoms with van der Waals surface area (Å²) < 4.78 is 0.615. The lowest BCUT2D eigenvalue weighted by Crippen LogP contribution is -2.07. The molecular formula is C9H7BrO4. The summed E-state index contributed by atoms with van der Waals surface area (Å²) >= 11 is 3.12. The van der Waals surface area contributed by atoms with Gasteiger partial charge in [-0.3, -0.25) is 4.79 Å². The highest BCUT2D eigenvalue weighted by Crippen LogP contribution is 2.17. The predicted octanol–water partition coefficient (Wildman–Crippen LogP) is 1.77. The molecule has 0 bridgehead atoms. The van der Waals surface area contributed by atoms with Crippen molar-refractivity contribution in [1.82, 2.24) is 0 Å². The molecule has 0 aliphatic carbocycles. The SMILES string of the molecule is O=C(O)Cc1ccc(Br)cc1C(=O)O. The topological polar surface area (TPSA) is 74.6 Å². The second-order valence-electron chi connectivity index (χ2n) is 2.68. The number of carbonyl (C=O) groups is 2. The first-order chi connectivity index (χ1) is 6.50. The average molecular weight is 259 g/mol. The Balaban J connectivity index is 3.14. The zero-order chi connectivity index (χ0) is 10.7. The minimum atomic E-state index is -1.12. The highest BCUT2D eigenvalue weighted by molar-refractivity contribution is 9.10. The number of hydrogen-bond donors (Lipinski definition) is 2. The van der Waals surface area contributed by atoms with Gasteiger partial charge in [-0.1, -0.05) is 22.0 Å². The van der Waals surface area contributed by atoms with Crippen LogP contribution in [0.15, 0.2) is 22.7 Å². The van der Waals surface area contributed by atoms with Crippen LogP contribution < -0.4 is 0 Å². The first-order valence-corrected chi connectivity index (χ1v) is 4.53. The molecule has 0 saturated heterocycles. The number of halogens is 1. The van der Waals surface area contributed by atoms with Crippen molar-refractivity contribution in [2.24, 2.45) is 0 Å². The van der Waals surface area contributed by atoms with Gasteiger partial charge in [-0.25, -0.2) is 4.79 Å². The molecule has 1 aromatic carbocycles. The number of carboxylic acid groups (broad SMARTS) is 2. The Kier molecular flexibility index (Phi) is 3.24. The Bertz CT molecular complexity index is 386. The van der Waals surface area contributed by atoms with Crippen LogP contribution in [0.3, 0.4) is 0 Å². The summed E-state index contributed by atoms with van der Waals surface area (Å²) in [7, 11) is 0. The Morgan fingerprint density at radius 2 is 1.93 bits per heavy atom. The van der Waals surface area contributed by atoms with E-state index in [2.05, 4.69) is 15.9 Å². The van der Waals surface area contributed by atoms with E-state index in [4.69, 9.17) is 10.2 Å². The number of aliphatic carboxylic acids is 1. The molecule has 0 aliphatic rings. The average Bonchev–Trinajstić information content (AvgIpc) is 2.07. The Labute approximate surface area is 88.3 Å². The molecule has 4 nitrogen and oxygen atoms in total. The summed E-state index contributed by atoms with van der Waals surface area (Å²) in [6.07, 6.45) is -0.283. The number of rotatable bonds is 3. The summed E-state index contributed by atoms with van der Waals surface area (Å²) in [5.74, 6) is -2.17. The highest BCUT2D eigenvalue weighted by Gasteiger charge is 2.12. The van der Waals surface area contributed by atoms with Crippen LogP contribution in [0.4, 0.5) is 0 Å². The van der Waals surface area contributed by atoms with Gasteiger partial charge in [-0.15, -0.1) is 0 Å². The summed E-state index contributed by atoms with van der Waals surface area (Å²) in [5.41, 5.74) is 0.315. The molecule has 0 amide bonds. The maximum atomic E-state index is 10.7. The summed E-state index contributed by atoms with van der Waals surface area (Å²) in [5, 5.41) is 17.3. The Morgan fingerprint density at radius 1 is 1.29 bits per heavy atom. The van der Waals surface area contributed by atoms with Crippen molar-refractivity contribution in [3.05, 3.63) is 33.8 Å². The van der Waals surface area contributed by atoms with Crippen molar-refractivity contribution >= 4 is 27.9 Å². The van der Waals surface area contributed by atoms with E-state index in [0.29, 0.717) is 10.0 Å². The number of benzene rings is 1. The van der Waals surface area contributed by atoms with Gasteiger partial charge < -0.3 is 10.2 Å². The molecule has 0 spiro atoms. The van der Waals surface area contributed by atoms with Gasteiger partial charge in [0.25, 0.3) is 0 Å². The summed E-state index contributed by atoms with van der Waals surface area (Å²) in [6, 6.07) is 4.49. The molecule has 14 heavy (non-hydrogen) atoms. The second-order valence-corrected chi connectivity index (χ2v) is 3.59. The second kappa shape index (κ2) is 4.23. The molecule has 0 radical (unpaired) electrons. The van der Waals surface area contributed by atoms with E-state index in [-0.39, 0.29) is 12.0 Å². The van der Waals surface area contributed by atoms with Gasteiger partial charge in [0.1, 0.15) is 0 Å². The zero-order valence-corrected chi connectivity index (χ0v) is 8.61. The molecule has 0 heterocycles. The van der Waals surface area contributed by atoms with Crippen LogP contribution in [0.2, 0.25) is 0 Å². The van der Waals surface area contributed by atoms with Crippen LogP contribution in [0.5, 0.6) is 0 Å². The van der Waals surface area contributed by atoms with E-state index < -0.39 is 11.9 Å². The molecule has 74 valence electrons. The van der Waals surface area contributed by atoms with Crippen LogP contribution in [-0.2, 0) is 11.2 Å². The lowest BCUT2D eigenvalue weighted by molar-refractivity contribution is -0.136. The third-order valence-corrected chi connectivity index (χ3v) is 2.14. The molecule has 1 aromatic rings. The van der Waals surface area contributed by atoms with Crippen molar-refractivity contribution in [3.8, 4) is 0 Å². The maximum absolute atomic E-state index is 10.7. The highest BCUT2D eigenvalue weighted by atomic mass is 79.9. The normalized spacial score (nSPS) is 9.79. The third-order valence-electron chi connectivity index (χ3n) is 1.64. The fraction of sp³-hybridized carbons (Fsp3) is 0.111. The van der Waals surface area contributed by atoms with Gasteiger partial charge in [0.15, 0.2) is 0 Å². The molecule has 0 unspecified atom stereocenters. The van der Waals surface area contributed by atoms with Gasteiger partial charge in [0, 0.05) is 4.47 Å². The third kappa shape index (κ3) is 2.56. The van der Waals surface area contributed by atoms with E-state index in [1.165, 1.54) is 12.1 Å². The van der Waals surface area contributed by atoms with Crippen molar-refractivity contribution < 1.29 is 19.8 Å². The fourth-order valence-electron chi connectivity index (χ4n) is 1.06. The largest absolute Gasteiger partial charge is 0.481 e. The number of carboxylic acids is 2. The van der Waals surface area contributed by atoms with Crippen molar-refractivity contribution in [3.63, 3.8) is 0 Å². The predicted molar refractivity (Wildman–Crippen MR) is 52.4 cm³/mol. The van der Waals surface area contributed by atoms with Crippen LogP contribution >= 0.6 is 15.9 Å².